The van der Waals surface area contributed by atoms with Gasteiger partial charge >= 0.3 is 11.7 Å². The van der Waals surface area contributed by atoms with Gasteiger partial charge in [0, 0.05) is 12.1 Å². The van der Waals surface area contributed by atoms with Crippen molar-refractivity contribution in [3.05, 3.63) is 28.3 Å². The zero-order valence-corrected chi connectivity index (χ0v) is 9.95. The van der Waals surface area contributed by atoms with Crippen LogP contribution >= 0.6 is 0 Å². The third-order valence-corrected chi connectivity index (χ3v) is 2.15. The molecule has 1 aromatic rings. The van der Waals surface area contributed by atoms with Gasteiger partial charge in [-0.05, 0) is 13.0 Å². The standard InChI is InChI=1S/C11H13NO6/c1-7(5-11(13)14)18-10-6-8(17-2)3-4-9(10)12(15)16/h3-4,6-7H,5H2,1-2H3,(H,13,14)/t7-/m0/s1. The molecule has 1 aromatic carbocycles. The van der Waals surface area contributed by atoms with Crippen molar-refractivity contribution in [1.29, 1.82) is 0 Å². The van der Waals surface area contributed by atoms with Crippen LogP contribution in [0.1, 0.15) is 13.3 Å². The van der Waals surface area contributed by atoms with Gasteiger partial charge < -0.3 is 14.6 Å². The van der Waals surface area contributed by atoms with Gasteiger partial charge in [0.25, 0.3) is 0 Å². The normalized spacial score (nSPS) is 11.7. The molecule has 98 valence electrons. The van der Waals surface area contributed by atoms with Crippen molar-refractivity contribution in [1.82, 2.24) is 0 Å². The van der Waals surface area contributed by atoms with Crippen molar-refractivity contribution in [2.45, 2.75) is 19.4 Å². The van der Waals surface area contributed by atoms with Gasteiger partial charge in [-0.25, -0.2) is 0 Å². The minimum Gasteiger partial charge on any atom is -0.497 e. The van der Waals surface area contributed by atoms with Gasteiger partial charge in [-0.1, -0.05) is 0 Å². The molecule has 0 saturated carbocycles. The molecule has 0 radical (unpaired) electrons. The summed E-state index contributed by atoms with van der Waals surface area (Å²) < 4.78 is 10.2. The number of carboxylic acids is 1. The van der Waals surface area contributed by atoms with Crippen LogP contribution in [0.4, 0.5) is 5.69 Å². The van der Waals surface area contributed by atoms with Gasteiger partial charge in [-0.3, -0.25) is 14.9 Å². The summed E-state index contributed by atoms with van der Waals surface area (Å²) in [7, 11) is 1.42. The number of nitrogens with zero attached hydrogens (tertiary/aromatic N) is 1. The molecule has 0 aromatic heterocycles. The van der Waals surface area contributed by atoms with E-state index in [2.05, 4.69) is 0 Å². The third-order valence-electron chi connectivity index (χ3n) is 2.15. The molecule has 0 spiro atoms. The fourth-order valence-corrected chi connectivity index (χ4v) is 1.37. The van der Waals surface area contributed by atoms with E-state index in [-0.39, 0.29) is 17.9 Å². The molecule has 0 aliphatic heterocycles. The predicted octanol–water partition coefficient (Wildman–Crippen LogP) is 1.85. The van der Waals surface area contributed by atoms with E-state index in [1.54, 1.807) is 0 Å². The van der Waals surface area contributed by atoms with E-state index in [1.165, 1.54) is 32.2 Å². The lowest BCUT2D eigenvalue weighted by Crippen LogP contribution is -2.17. The van der Waals surface area contributed by atoms with E-state index >= 15 is 0 Å². The molecule has 0 aliphatic rings. The summed E-state index contributed by atoms with van der Waals surface area (Å²) in [6.07, 6.45) is -0.915. The number of methoxy groups -OCH3 is 1. The first-order valence-electron chi connectivity index (χ1n) is 5.15. The zero-order chi connectivity index (χ0) is 13.7. The van der Waals surface area contributed by atoms with Crippen molar-refractivity contribution < 1.29 is 24.3 Å². The second kappa shape index (κ2) is 5.85. The van der Waals surface area contributed by atoms with Crippen LogP contribution in [0.5, 0.6) is 11.5 Å². The van der Waals surface area contributed by atoms with E-state index in [9.17, 15) is 14.9 Å². The number of carboxylic acid groups (broad SMARTS) is 1. The Bertz CT molecular complexity index is 459. The van der Waals surface area contributed by atoms with Crippen molar-refractivity contribution >= 4 is 11.7 Å². The summed E-state index contributed by atoms with van der Waals surface area (Å²) in [6, 6.07) is 4.05. The maximum Gasteiger partial charge on any atom is 0.311 e. The van der Waals surface area contributed by atoms with Crippen LogP contribution in [-0.2, 0) is 4.79 Å². The largest absolute Gasteiger partial charge is 0.497 e. The highest BCUT2D eigenvalue weighted by atomic mass is 16.6. The highest BCUT2D eigenvalue weighted by Gasteiger charge is 2.19. The molecule has 0 heterocycles. The van der Waals surface area contributed by atoms with Gasteiger partial charge in [0.1, 0.15) is 11.9 Å². The Balaban J connectivity index is 2.96. The van der Waals surface area contributed by atoms with Crippen molar-refractivity contribution in [3.63, 3.8) is 0 Å². The quantitative estimate of drug-likeness (QED) is 0.615. The van der Waals surface area contributed by atoms with E-state index in [4.69, 9.17) is 14.6 Å². The van der Waals surface area contributed by atoms with Crippen LogP contribution in [0.2, 0.25) is 0 Å². The molecule has 0 amide bonds. The second-order valence-electron chi connectivity index (χ2n) is 3.62. The molecule has 1 N–H and O–H groups in total. The lowest BCUT2D eigenvalue weighted by atomic mass is 10.2. The molecule has 18 heavy (non-hydrogen) atoms. The first kappa shape index (κ1) is 13.8. The van der Waals surface area contributed by atoms with Crippen LogP contribution in [0.25, 0.3) is 0 Å². The molecule has 7 heteroatoms. The summed E-state index contributed by atoms with van der Waals surface area (Å²) in [5, 5.41) is 19.4. The summed E-state index contributed by atoms with van der Waals surface area (Å²) in [6.45, 7) is 1.53. The van der Waals surface area contributed by atoms with Crippen molar-refractivity contribution in [2.24, 2.45) is 0 Å². The highest BCUT2D eigenvalue weighted by Crippen LogP contribution is 2.32. The number of ether oxygens (including phenoxy) is 2. The van der Waals surface area contributed by atoms with Crippen LogP contribution in [0, 0.1) is 10.1 Å². The number of hydrogen-bond donors (Lipinski definition) is 1. The first-order chi connectivity index (χ1) is 8.43. The van der Waals surface area contributed by atoms with Crippen LogP contribution in [-0.4, -0.2) is 29.2 Å². The Morgan fingerprint density at radius 2 is 2.22 bits per heavy atom. The SMILES string of the molecule is COc1ccc([N+](=O)[O-])c(O[C@@H](C)CC(=O)O)c1. The van der Waals surface area contributed by atoms with Crippen molar-refractivity contribution in [2.75, 3.05) is 7.11 Å². The molecule has 1 rings (SSSR count). The van der Waals surface area contributed by atoms with E-state index < -0.39 is 17.0 Å². The maximum absolute atomic E-state index is 10.8. The summed E-state index contributed by atoms with van der Waals surface area (Å²) in [4.78, 5) is 20.7. The van der Waals surface area contributed by atoms with Gasteiger partial charge in [0.2, 0.25) is 5.75 Å². The topological polar surface area (TPSA) is 98.9 Å². The smallest absolute Gasteiger partial charge is 0.311 e. The molecule has 0 aliphatic carbocycles. The van der Waals surface area contributed by atoms with Gasteiger partial charge in [0.15, 0.2) is 0 Å². The molecular weight excluding hydrogens is 242 g/mol. The van der Waals surface area contributed by atoms with Crippen LogP contribution in [0.3, 0.4) is 0 Å². The Hall–Kier alpha value is -2.31. The molecular formula is C11H13NO6. The predicted molar refractivity (Wildman–Crippen MR) is 62.0 cm³/mol. The number of nitro groups is 1. The number of hydrogen-bond acceptors (Lipinski definition) is 5. The molecule has 0 saturated heterocycles. The molecule has 0 bridgehead atoms. The van der Waals surface area contributed by atoms with Crippen molar-refractivity contribution in [3.8, 4) is 11.5 Å². The van der Waals surface area contributed by atoms with E-state index in [0.717, 1.165) is 0 Å². The molecule has 0 unspecified atom stereocenters. The fourth-order valence-electron chi connectivity index (χ4n) is 1.37. The monoisotopic (exact) mass is 255 g/mol. The Labute approximate surface area is 103 Å². The van der Waals surface area contributed by atoms with Gasteiger partial charge in [-0.2, -0.15) is 0 Å². The first-order valence-corrected chi connectivity index (χ1v) is 5.15. The minimum atomic E-state index is -1.03. The average molecular weight is 255 g/mol. The Morgan fingerprint density at radius 1 is 1.56 bits per heavy atom. The minimum absolute atomic E-state index is 0.00639. The number of carbonyl (C=O) groups is 1. The summed E-state index contributed by atoms with van der Waals surface area (Å²) in [5.41, 5.74) is -0.229. The van der Waals surface area contributed by atoms with Gasteiger partial charge in [-0.15, -0.1) is 0 Å². The zero-order valence-electron chi connectivity index (χ0n) is 9.95. The number of rotatable bonds is 6. The molecule has 0 fully saturated rings. The number of aliphatic carboxylic acids is 1. The number of nitro benzene ring substituents is 1. The molecule has 1 atom stereocenters. The molecule has 7 nitrogen and oxygen atoms in total. The van der Waals surface area contributed by atoms with E-state index in [0.29, 0.717) is 5.75 Å². The second-order valence-corrected chi connectivity index (χ2v) is 3.62. The fraction of sp³-hybridized carbons (Fsp3) is 0.364. The summed E-state index contributed by atoms with van der Waals surface area (Å²) >= 11 is 0. The number of benzene rings is 1. The van der Waals surface area contributed by atoms with E-state index in [1.807, 2.05) is 0 Å². The Kier molecular flexibility index (Phi) is 4.47. The van der Waals surface area contributed by atoms with Crippen LogP contribution in [0.15, 0.2) is 18.2 Å². The lowest BCUT2D eigenvalue weighted by Gasteiger charge is -2.13. The van der Waals surface area contributed by atoms with Crippen LogP contribution < -0.4 is 9.47 Å². The average Bonchev–Trinajstić information content (AvgIpc) is 2.27. The lowest BCUT2D eigenvalue weighted by molar-refractivity contribution is -0.386. The summed E-state index contributed by atoms with van der Waals surface area (Å²) in [5.74, 6) is -0.640. The van der Waals surface area contributed by atoms with Gasteiger partial charge in [0.05, 0.1) is 18.5 Å². The highest BCUT2D eigenvalue weighted by molar-refractivity contribution is 5.67. The Morgan fingerprint density at radius 3 is 2.72 bits per heavy atom. The third kappa shape index (κ3) is 3.62. The maximum atomic E-state index is 10.8.